The van der Waals surface area contributed by atoms with E-state index >= 15 is 0 Å². The van der Waals surface area contributed by atoms with Crippen LogP contribution in [0.2, 0.25) is 5.02 Å². The molecular weight excluding hydrogens is 312 g/mol. The zero-order valence-electron chi connectivity index (χ0n) is 12.3. The Balaban J connectivity index is 2.00. The van der Waals surface area contributed by atoms with Crippen molar-refractivity contribution >= 4 is 21.6 Å². The first-order valence-corrected chi connectivity index (χ1v) is 8.84. The van der Waals surface area contributed by atoms with Crippen LogP contribution in [0.3, 0.4) is 0 Å². The van der Waals surface area contributed by atoms with Crippen molar-refractivity contribution in [3.05, 3.63) is 28.8 Å². The highest BCUT2D eigenvalue weighted by molar-refractivity contribution is 7.89. The first-order valence-electron chi connectivity index (χ1n) is 6.98. The topological polar surface area (TPSA) is 58.6 Å². The number of nitrogens with zero attached hydrogens (tertiary/aromatic N) is 1. The fourth-order valence-electron chi connectivity index (χ4n) is 2.28. The monoisotopic (exact) mass is 332 g/mol. The Morgan fingerprint density at radius 1 is 1.38 bits per heavy atom. The standard InChI is InChI=1S/C14H21ClN2O3S/c1-11-3-4-14(13(15)9-11)21(18,19)16-10-12(2)17-5-7-20-8-6-17/h3-4,9,12,16H,5-8,10H2,1-2H3. The van der Waals surface area contributed by atoms with Gasteiger partial charge in [0, 0.05) is 25.7 Å². The van der Waals surface area contributed by atoms with Crippen LogP contribution in [-0.2, 0) is 14.8 Å². The number of nitrogens with one attached hydrogen (secondary N) is 1. The number of rotatable bonds is 5. The second kappa shape index (κ2) is 7.07. The van der Waals surface area contributed by atoms with Crippen LogP contribution in [0.4, 0.5) is 0 Å². The molecule has 1 aliphatic rings. The Hall–Kier alpha value is -0.660. The Morgan fingerprint density at radius 3 is 2.67 bits per heavy atom. The van der Waals surface area contributed by atoms with E-state index in [1.165, 1.54) is 0 Å². The minimum absolute atomic E-state index is 0.118. The summed E-state index contributed by atoms with van der Waals surface area (Å²) in [6, 6.07) is 5.06. The van der Waals surface area contributed by atoms with Gasteiger partial charge < -0.3 is 4.74 Å². The molecule has 0 bridgehead atoms. The van der Waals surface area contributed by atoms with E-state index in [4.69, 9.17) is 16.3 Å². The van der Waals surface area contributed by atoms with Gasteiger partial charge in [-0.05, 0) is 31.5 Å². The van der Waals surface area contributed by atoms with Crippen LogP contribution in [0.1, 0.15) is 12.5 Å². The van der Waals surface area contributed by atoms with Crippen molar-refractivity contribution in [3.8, 4) is 0 Å². The van der Waals surface area contributed by atoms with Gasteiger partial charge in [-0.25, -0.2) is 13.1 Å². The van der Waals surface area contributed by atoms with Gasteiger partial charge in [-0.2, -0.15) is 0 Å². The maximum atomic E-state index is 12.3. The zero-order valence-corrected chi connectivity index (χ0v) is 13.9. The molecule has 1 aromatic carbocycles. The van der Waals surface area contributed by atoms with Gasteiger partial charge in [0.25, 0.3) is 0 Å². The predicted octanol–water partition coefficient (Wildman–Crippen LogP) is 1.65. The van der Waals surface area contributed by atoms with E-state index in [0.29, 0.717) is 19.8 Å². The van der Waals surface area contributed by atoms with E-state index in [-0.39, 0.29) is 16.0 Å². The van der Waals surface area contributed by atoms with Crippen molar-refractivity contribution in [1.29, 1.82) is 0 Å². The summed E-state index contributed by atoms with van der Waals surface area (Å²) in [6.45, 7) is 7.28. The van der Waals surface area contributed by atoms with Gasteiger partial charge in [-0.3, -0.25) is 4.90 Å². The molecule has 118 valence electrons. The summed E-state index contributed by atoms with van der Waals surface area (Å²) in [5.74, 6) is 0. The van der Waals surface area contributed by atoms with Crippen LogP contribution < -0.4 is 4.72 Å². The van der Waals surface area contributed by atoms with Gasteiger partial charge in [0.2, 0.25) is 10.0 Å². The number of benzene rings is 1. The van der Waals surface area contributed by atoms with E-state index in [1.807, 2.05) is 13.8 Å². The summed E-state index contributed by atoms with van der Waals surface area (Å²) < 4.78 is 32.6. The van der Waals surface area contributed by atoms with Crippen LogP contribution in [0, 0.1) is 6.92 Å². The van der Waals surface area contributed by atoms with Gasteiger partial charge in [-0.1, -0.05) is 17.7 Å². The van der Waals surface area contributed by atoms with E-state index in [1.54, 1.807) is 18.2 Å². The minimum atomic E-state index is -3.58. The second-order valence-electron chi connectivity index (χ2n) is 5.28. The number of hydrogen-bond donors (Lipinski definition) is 1. The molecular formula is C14H21ClN2O3S. The fraction of sp³-hybridized carbons (Fsp3) is 0.571. The van der Waals surface area contributed by atoms with E-state index in [2.05, 4.69) is 9.62 Å². The molecule has 1 unspecified atom stereocenters. The summed E-state index contributed by atoms with van der Waals surface area (Å²) in [4.78, 5) is 2.34. The zero-order chi connectivity index (χ0) is 15.5. The SMILES string of the molecule is Cc1ccc(S(=O)(=O)NCC(C)N2CCOCC2)c(Cl)c1. The molecule has 5 nitrogen and oxygen atoms in total. The van der Waals surface area contributed by atoms with Crippen molar-refractivity contribution < 1.29 is 13.2 Å². The number of aryl methyl sites for hydroxylation is 1. The first-order chi connectivity index (χ1) is 9.90. The predicted molar refractivity (Wildman–Crippen MR) is 83.2 cm³/mol. The third-order valence-corrected chi connectivity index (χ3v) is 5.52. The molecule has 0 radical (unpaired) electrons. The van der Waals surface area contributed by atoms with Crippen molar-refractivity contribution in [1.82, 2.24) is 9.62 Å². The lowest BCUT2D eigenvalue weighted by atomic mass is 10.2. The Labute approximate surface area is 131 Å². The van der Waals surface area contributed by atoms with Crippen molar-refractivity contribution in [2.24, 2.45) is 0 Å². The van der Waals surface area contributed by atoms with E-state index in [9.17, 15) is 8.42 Å². The Kier molecular flexibility index (Phi) is 5.62. The average Bonchev–Trinajstić information content (AvgIpc) is 2.45. The van der Waals surface area contributed by atoms with E-state index < -0.39 is 10.0 Å². The van der Waals surface area contributed by atoms with Crippen molar-refractivity contribution in [3.63, 3.8) is 0 Å². The number of hydrogen-bond acceptors (Lipinski definition) is 4. The fourth-order valence-corrected chi connectivity index (χ4v) is 4.00. The first kappa shape index (κ1) is 16.7. The van der Waals surface area contributed by atoms with Crippen molar-refractivity contribution in [2.75, 3.05) is 32.8 Å². The average molecular weight is 333 g/mol. The number of halogens is 1. The van der Waals surface area contributed by atoms with Crippen LogP contribution in [-0.4, -0.2) is 52.2 Å². The maximum Gasteiger partial charge on any atom is 0.242 e. The molecule has 1 N–H and O–H groups in total. The van der Waals surface area contributed by atoms with Gasteiger partial charge in [0.05, 0.1) is 18.2 Å². The van der Waals surface area contributed by atoms with Gasteiger partial charge >= 0.3 is 0 Å². The molecule has 1 saturated heterocycles. The highest BCUT2D eigenvalue weighted by atomic mass is 35.5. The molecule has 7 heteroatoms. The third-order valence-electron chi connectivity index (χ3n) is 3.61. The molecule has 0 amide bonds. The van der Waals surface area contributed by atoms with Gasteiger partial charge in [0.15, 0.2) is 0 Å². The third kappa shape index (κ3) is 4.40. The molecule has 1 fully saturated rings. The molecule has 1 aromatic rings. The smallest absolute Gasteiger partial charge is 0.242 e. The van der Waals surface area contributed by atoms with Crippen LogP contribution in [0.5, 0.6) is 0 Å². The molecule has 0 spiro atoms. The van der Waals surface area contributed by atoms with Crippen molar-refractivity contribution in [2.45, 2.75) is 24.8 Å². The minimum Gasteiger partial charge on any atom is -0.379 e. The summed E-state index contributed by atoms with van der Waals surface area (Å²) in [5.41, 5.74) is 0.931. The molecule has 0 saturated carbocycles. The summed E-state index contributed by atoms with van der Waals surface area (Å²) in [7, 11) is -3.58. The molecule has 1 aliphatic heterocycles. The molecule has 21 heavy (non-hydrogen) atoms. The molecule has 0 aliphatic carbocycles. The highest BCUT2D eigenvalue weighted by Crippen LogP contribution is 2.22. The lowest BCUT2D eigenvalue weighted by Gasteiger charge is -2.32. The number of sulfonamides is 1. The molecule has 1 atom stereocenters. The Morgan fingerprint density at radius 2 is 2.05 bits per heavy atom. The number of morpholine rings is 1. The maximum absolute atomic E-state index is 12.3. The lowest BCUT2D eigenvalue weighted by molar-refractivity contribution is 0.0213. The molecule has 0 aromatic heterocycles. The van der Waals surface area contributed by atoms with Crippen LogP contribution in [0.15, 0.2) is 23.1 Å². The second-order valence-corrected chi connectivity index (χ2v) is 7.43. The van der Waals surface area contributed by atoms with Gasteiger partial charge in [-0.15, -0.1) is 0 Å². The number of ether oxygens (including phenoxy) is 1. The van der Waals surface area contributed by atoms with E-state index in [0.717, 1.165) is 18.7 Å². The highest BCUT2D eigenvalue weighted by Gasteiger charge is 2.22. The van der Waals surface area contributed by atoms with Crippen LogP contribution >= 0.6 is 11.6 Å². The molecule has 1 heterocycles. The summed E-state index contributed by atoms with van der Waals surface area (Å²) in [6.07, 6.45) is 0. The Bertz CT molecular complexity index is 586. The quantitative estimate of drug-likeness (QED) is 0.890. The largest absolute Gasteiger partial charge is 0.379 e. The lowest BCUT2D eigenvalue weighted by Crippen LogP contribution is -2.47. The van der Waals surface area contributed by atoms with Crippen LogP contribution in [0.25, 0.3) is 0 Å². The van der Waals surface area contributed by atoms with Gasteiger partial charge in [0.1, 0.15) is 4.90 Å². The summed E-state index contributed by atoms with van der Waals surface area (Å²) >= 11 is 6.03. The summed E-state index contributed by atoms with van der Waals surface area (Å²) in [5, 5.41) is 0.251. The molecule has 2 rings (SSSR count). The normalized spacial score (nSPS) is 18.6.